The molecule has 1 aliphatic carbocycles. The molecule has 220 valence electrons. The zero-order chi connectivity index (χ0) is 29.8. The quantitative estimate of drug-likeness (QED) is 0.214. The SMILES string of the molecule is Cc1ccc(S(=O)(=O)n2cc(I)c3cc(-c4ccc(N5CCN(C(=O)OC(C)(C)C)CC5)cc4)c(C4CC4)nc32)cc1. The lowest BCUT2D eigenvalue weighted by Gasteiger charge is -2.36. The molecule has 0 atom stereocenters. The number of hydrogen-bond donors (Lipinski definition) is 0. The molecule has 6 rings (SSSR count). The minimum absolute atomic E-state index is 0.253. The van der Waals surface area contributed by atoms with Crippen LogP contribution in [0.15, 0.2) is 65.7 Å². The van der Waals surface area contributed by atoms with E-state index < -0.39 is 15.6 Å². The summed E-state index contributed by atoms with van der Waals surface area (Å²) in [5.74, 6) is 0.327. The van der Waals surface area contributed by atoms with Gasteiger partial charge in [0.25, 0.3) is 10.0 Å². The van der Waals surface area contributed by atoms with Gasteiger partial charge in [0.2, 0.25) is 0 Å². The molecule has 4 aromatic rings. The highest BCUT2D eigenvalue weighted by Gasteiger charge is 2.31. The zero-order valence-electron chi connectivity index (χ0n) is 24.3. The normalized spacial score (nSPS) is 16.2. The Morgan fingerprint density at radius 3 is 2.21 bits per heavy atom. The molecule has 0 spiro atoms. The molecule has 8 nitrogen and oxygen atoms in total. The Kier molecular flexibility index (Phi) is 7.49. The molecule has 1 saturated heterocycles. The van der Waals surface area contributed by atoms with Gasteiger partial charge in [-0.1, -0.05) is 29.8 Å². The van der Waals surface area contributed by atoms with Gasteiger partial charge in [0.05, 0.1) is 10.6 Å². The van der Waals surface area contributed by atoms with E-state index in [1.165, 1.54) is 3.97 Å². The third-order valence-electron chi connectivity index (χ3n) is 7.75. The molecule has 1 amide bonds. The molecule has 2 aromatic carbocycles. The van der Waals surface area contributed by atoms with Crippen molar-refractivity contribution in [2.24, 2.45) is 0 Å². The minimum atomic E-state index is -3.79. The smallest absolute Gasteiger partial charge is 0.410 e. The Morgan fingerprint density at radius 2 is 1.62 bits per heavy atom. The van der Waals surface area contributed by atoms with E-state index in [9.17, 15) is 13.2 Å². The summed E-state index contributed by atoms with van der Waals surface area (Å²) in [6, 6.07) is 17.5. The molecule has 0 unspecified atom stereocenters. The fraction of sp³-hybridized carbons (Fsp3) is 0.375. The van der Waals surface area contributed by atoms with Crippen LogP contribution < -0.4 is 4.90 Å². The predicted molar refractivity (Wildman–Crippen MR) is 174 cm³/mol. The van der Waals surface area contributed by atoms with E-state index in [-0.39, 0.29) is 11.0 Å². The van der Waals surface area contributed by atoms with Crippen LogP contribution in [0.3, 0.4) is 0 Å². The van der Waals surface area contributed by atoms with Crippen molar-refractivity contribution in [1.29, 1.82) is 0 Å². The first-order valence-electron chi connectivity index (χ1n) is 14.3. The van der Waals surface area contributed by atoms with Gasteiger partial charge in [-0.15, -0.1) is 0 Å². The molecule has 0 bridgehead atoms. The lowest BCUT2D eigenvalue weighted by atomic mass is 10.00. The number of amides is 1. The van der Waals surface area contributed by atoms with Gasteiger partial charge in [0.15, 0.2) is 5.65 Å². The monoisotopic (exact) mass is 698 g/mol. The number of rotatable bonds is 5. The summed E-state index contributed by atoms with van der Waals surface area (Å²) >= 11 is 2.20. The predicted octanol–water partition coefficient (Wildman–Crippen LogP) is 6.79. The second-order valence-corrected chi connectivity index (χ2v) is 15.1. The minimum Gasteiger partial charge on any atom is -0.444 e. The molecule has 3 heterocycles. The van der Waals surface area contributed by atoms with Crippen LogP contribution >= 0.6 is 22.6 Å². The molecule has 0 N–H and O–H groups in total. The van der Waals surface area contributed by atoms with Crippen molar-refractivity contribution in [1.82, 2.24) is 13.9 Å². The summed E-state index contributed by atoms with van der Waals surface area (Å²) in [4.78, 5) is 21.8. The van der Waals surface area contributed by atoms with E-state index in [0.29, 0.717) is 24.7 Å². The molecule has 2 fully saturated rings. The number of fused-ring (bicyclic) bond motifs is 1. The fourth-order valence-electron chi connectivity index (χ4n) is 5.33. The number of anilines is 1. The van der Waals surface area contributed by atoms with Crippen molar-refractivity contribution in [3.8, 4) is 11.1 Å². The first-order chi connectivity index (χ1) is 19.9. The summed E-state index contributed by atoms with van der Waals surface area (Å²) in [5, 5.41) is 0.827. The number of pyridine rings is 1. The summed E-state index contributed by atoms with van der Waals surface area (Å²) in [6.45, 7) is 10.3. The summed E-state index contributed by atoms with van der Waals surface area (Å²) in [5.41, 5.74) is 5.16. The Hall–Kier alpha value is -3.12. The van der Waals surface area contributed by atoms with Crippen LogP contribution in [0.5, 0.6) is 0 Å². The number of aromatic nitrogens is 2. The van der Waals surface area contributed by atoms with Gasteiger partial charge in [-0.05, 0) is 99.0 Å². The Balaban J connectivity index is 1.27. The van der Waals surface area contributed by atoms with Gasteiger partial charge < -0.3 is 14.5 Å². The van der Waals surface area contributed by atoms with Crippen molar-refractivity contribution in [3.63, 3.8) is 0 Å². The molecular formula is C32H35IN4O4S. The maximum atomic E-state index is 13.6. The highest BCUT2D eigenvalue weighted by atomic mass is 127. The van der Waals surface area contributed by atoms with Crippen LogP contribution in [-0.4, -0.2) is 60.1 Å². The maximum Gasteiger partial charge on any atom is 0.410 e. The van der Waals surface area contributed by atoms with Crippen LogP contribution in [0.2, 0.25) is 0 Å². The van der Waals surface area contributed by atoms with Crippen molar-refractivity contribution in [3.05, 3.63) is 75.6 Å². The van der Waals surface area contributed by atoms with E-state index in [1.807, 2.05) is 39.8 Å². The second kappa shape index (κ2) is 10.9. The Labute approximate surface area is 260 Å². The van der Waals surface area contributed by atoms with Gasteiger partial charge in [0, 0.05) is 58.5 Å². The van der Waals surface area contributed by atoms with Crippen LogP contribution in [0.4, 0.5) is 10.5 Å². The van der Waals surface area contributed by atoms with E-state index in [0.717, 1.165) is 63.0 Å². The number of aryl methyl sites for hydroxylation is 1. The number of carbonyl (C=O) groups is 1. The van der Waals surface area contributed by atoms with E-state index in [1.54, 1.807) is 23.2 Å². The third kappa shape index (κ3) is 5.75. The summed E-state index contributed by atoms with van der Waals surface area (Å²) < 4.78 is 34.9. The largest absolute Gasteiger partial charge is 0.444 e. The number of ether oxygens (including phenoxy) is 1. The first-order valence-corrected chi connectivity index (χ1v) is 16.8. The molecule has 0 radical (unpaired) electrons. The number of benzene rings is 2. The second-order valence-electron chi connectivity index (χ2n) is 12.2. The van der Waals surface area contributed by atoms with E-state index in [2.05, 4.69) is 57.8 Å². The van der Waals surface area contributed by atoms with Gasteiger partial charge in [-0.2, -0.15) is 0 Å². The molecule has 42 heavy (non-hydrogen) atoms. The lowest BCUT2D eigenvalue weighted by Crippen LogP contribution is -2.50. The average molecular weight is 699 g/mol. The standard InChI is InChI=1S/C32H35IN4O4S/c1-21-5-13-25(14-6-21)42(39,40)37-20-28(33)27-19-26(29(23-7-8-23)34-30(27)37)22-9-11-24(12-10-22)35-15-17-36(18-16-35)31(38)41-32(2,3)4/h5-6,9-14,19-20,23H,7-8,15-18H2,1-4H3. The van der Waals surface area contributed by atoms with Gasteiger partial charge in [0.1, 0.15) is 5.60 Å². The van der Waals surface area contributed by atoms with E-state index in [4.69, 9.17) is 9.72 Å². The van der Waals surface area contributed by atoms with Crippen molar-refractivity contribution in [2.75, 3.05) is 31.1 Å². The molecule has 2 aromatic heterocycles. The van der Waals surface area contributed by atoms with Crippen molar-refractivity contribution in [2.45, 2.75) is 57.0 Å². The topological polar surface area (TPSA) is 84.7 Å². The average Bonchev–Trinajstić information content (AvgIpc) is 3.75. The number of nitrogens with zero attached hydrogens (tertiary/aromatic N) is 4. The highest BCUT2D eigenvalue weighted by molar-refractivity contribution is 14.1. The Bertz CT molecular complexity index is 1750. The van der Waals surface area contributed by atoms with Gasteiger partial charge in [-0.3, -0.25) is 0 Å². The summed E-state index contributed by atoms with van der Waals surface area (Å²) in [6.07, 6.45) is 3.51. The number of carbonyl (C=O) groups excluding carboxylic acids is 1. The number of halogens is 1. The van der Waals surface area contributed by atoms with Gasteiger partial charge >= 0.3 is 6.09 Å². The molecular weight excluding hydrogens is 663 g/mol. The molecule has 1 aliphatic heterocycles. The first kappa shape index (κ1) is 29.0. The highest BCUT2D eigenvalue weighted by Crippen LogP contribution is 2.45. The Morgan fingerprint density at radius 1 is 0.976 bits per heavy atom. The summed E-state index contributed by atoms with van der Waals surface area (Å²) in [7, 11) is -3.79. The zero-order valence-corrected chi connectivity index (χ0v) is 27.3. The van der Waals surface area contributed by atoms with Crippen LogP contribution in [0.25, 0.3) is 22.2 Å². The van der Waals surface area contributed by atoms with Crippen molar-refractivity contribution >= 4 is 55.4 Å². The van der Waals surface area contributed by atoms with Crippen LogP contribution in [0, 0.1) is 10.5 Å². The maximum absolute atomic E-state index is 13.6. The molecule has 1 saturated carbocycles. The van der Waals surface area contributed by atoms with Crippen LogP contribution in [0.1, 0.15) is 50.8 Å². The number of piperazine rings is 1. The molecule has 2 aliphatic rings. The van der Waals surface area contributed by atoms with E-state index >= 15 is 0 Å². The molecule has 10 heteroatoms. The number of hydrogen-bond acceptors (Lipinski definition) is 6. The third-order valence-corrected chi connectivity index (χ3v) is 10.3. The van der Waals surface area contributed by atoms with Crippen molar-refractivity contribution < 1.29 is 17.9 Å². The van der Waals surface area contributed by atoms with Crippen LogP contribution in [-0.2, 0) is 14.8 Å². The van der Waals surface area contributed by atoms with Gasteiger partial charge in [-0.25, -0.2) is 22.2 Å². The lowest BCUT2D eigenvalue weighted by molar-refractivity contribution is 0.0240. The fourth-order valence-corrected chi connectivity index (χ4v) is 7.51.